The zero-order chi connectivity index (χ0) is 16.0. The van der Waals surface area contributed by atoms with E-state index < -0.39 is 5.97 Å². The van der Waals surface area contributed by atoms with Gasteiger partial charge in [0.15, 0.2) is 0 Å². The summed E-state index contributed by atoms with van der Waals surface area (Å²) in [5, 5.41) is 8.61. The van der Waals surface area contributed by atoms with Gasteiger partial charge in [0.1, 0.15) is 0 Å². The van der Waals surface area contributed by atoms with Crippen molar-refractivity contribution in [1.29, 1.82) is 0 Å². The van der Waals surface area contributed by atoms with Gasteiger partial charge in [0.05, 0.1) is 5.69 Å². The molecule has 0 fully saturated rings. The number of nitrogens with zero attached hydrogens (tertiary/aromatic N) is 1. The third-order valence-corrected chi connectivity index (χ3v) is 3.56. The second kappa shape index (κ2) is 7.93. The van der Waals surface area contributed by atoms with Crippen molar-refractivity contribution in [1.82, 2.24) is 0 Å². The number of rotatable bonds is 6. The van der Waals surface area contributed by atoms with Crippen LogP contribution in [-0.2, 0) is 14.4 Å². The second-order valence-electron chi connectivity index (χ2n) is 4.68. The van der Waals surface area contributed by atoms with Crippen molar-refractivity contribution in [2.75, 3.05) is 4.90 Å². The monoisotopic (exact) mass is 355 g/mol. The van der Waals surface area contributed by atoms with E-state index in [4.69, 9.17) is 5.11 Å². The Bertz CT molecular complexity index is 557. The lowest BCUT2D eigenvalue weighted by atomic mass is 10.1. The molecule has 5 nitrogen and oxygen atoms in total. The molecule has 1 rings (SSSR count). The molecule has 0 unspecified atom stereocenters. The summed E-state index contributed by atoms with van der Waals surface area (Å²) >= 11 is 3.36. The van der Waals surface area contributed by atoms with Crippen LogP contribution in [0.15, 0.2) is 22.7 Å². The highest BCUT2D eigenvalue weighted by atomic mass is 79.9. The zero-order valence-corrected chi connectivity index (χ0v) is 13.6. The van der Waals surface area contributed by atoms with E-state index in [9.17, 15) is 14.4 Å². The van der Waals surface area contributed by atoms with Crippen molar-refractivity contribution in [3.05, 3.63) is 28.2 Å². The first-order chi connectivity index (χ1) is 9.86. The van der Waals surface area contributed by atoms with Gasteiger partial charge in [0, 0.05) is 23.7 Å². The molecule has 0 radical (unpaired) electrons. The maximum Gasteiger partial charge on any atom is 0.303 e. The molecule has 21 heavy (non-hydrogen) atoms. The number of hydrogen-bond donors (Lipinski definition) is 1. The fourth-order valence-corrected chi connectivity index (χ4v) is 2.53. The van der Waals surface area contributed by atoms with Crippen molar-refractivity contribution >= 4 is 39.4 Å². The van der Waals surface area contributed by atoms with Crippen molar-refractivity contribution in [3.63, 3.8) is 0 Å². The smallest absolute Gasteiger partial charge is 0.303 e. The lowest BCUT2D eigenvalue weighted by Gasteiger charge is -2.22. The minimum absolute atomic E-state index is 0.0261. The maximum atomic E-state index is 12.3. The summed E-state index contributed by atoms with van der Waals surface area (Å²) < 4.78 is 0.663. The SMILES string of the molecule is CCC(=O)N(C(=O)CCCC(=O)O)c1ccc(C)cc1Br. The van der Waals surface area contributed by atoms with E-state index in [2.05, 4.69) is 15.9 Å². The summed E-state index contributed by atoms with van der Waals surface area (Å²) in [6.45, 7) is 3.59. The number of carboxylic acids is 1. The molecular weight excluding hydrogens is 338 g/mol. The summed E-state index contributed by atoms with van der Waals surface area (Å²) in [5.74, 6) is -1.64. The summed E-state index contributed by atoms with van der Waals surface area (Å²) in [6, 6.07) is 5.36. The van der Waals surface area contributed by atoms with Crippen molar-refractivity contribution in [2.24, 2.45) is 0 Å². The number of aliphatic carboxylic acids is 1. The Morgan fingerprint density at radius 3 is 2.38 bits per heavy atom. The molecule has 2 amide bonds. The largest absolute Gasteiger partial charge is 0.481 e. The van der Waals surface area contributed by atoms with E-state index >= 15 is 0 Å². The van der Waals surface area contributed by atoms with Gasteiger partial charge < -0.3 is 5.11 Å². The molecule has 0 aliphatic heterocycles. The molecule has 0 bridgehead atoms. The molecule has 1 aromatic carbocycles. The number of carboxylic acid groups (broad SMARTS) is 1. The molecule has 1 aromatic rings. The van der Waals surface area contributed by atoms with Crippen LogP contribution in [0.5, 0.6) is 0 Å². The molecule has 0 heterocycles. The van der Waals surface area contributed by atoms with E-state index in [1.54, 1.807) is 13.0 Å². The first-order valence-corrected chi connectivity index (χ1v) is 7.49. The topological polar surface area (TPSA) is 74.7 Å². The Hall–Kier alpha value is -1.69. The zero-order valence-electron chi connectivity index (χ0n) is 12.1. The minimum Gasteiger partial charge on any atom is -0.481 e. The first-order valence-electron chi connectivity index (χ1n) is 6.70. The Morgan fingerprint density at radius 1 is 1.19 bits per heavy atom. The first kappa shape index (κ1) is 17.4. The van der Waals surface area contributed by atoms with Gasteiger partial charge in [-0.25, -0.2) is 4.90 Å². The molecular formula is C15H18BrNO4. The highest BCUT2D eigenvalue weighted by molar-refractivity contribution is 9.10. The number of imide groups is 1. The number of aryl methyl sites for hydroxylation is 1. The summed E-state index contributed by atoms with van der Waals surface area (Å²) in [4.78, 5) is 35.9. The molecule has 0 aliphatic carbocycles. The number of amides is 2. The predicted molar refractivity (Wildman–Crippen MR) is 83.1 cm³/mol. The van der Waals surface area contributed by atoms with E-state index in [0.29, 0.717) is 10.2 Å². The van der Waals surface area contributed by atoms with Crippen LogP contribution >= 0.6 is 15.9 Å². The maximum absolute atomic E-state index is 12.3. The van der Waals surface area contributed by atoms with Crippen LogP contribution in [0, 0.1) is 6.92 Å². The third kappa shape index (κ3) is 4.97. The van der Waals surface area contributed by atoms with E-state index in [-0.39, 0.29) is 37.5 Å². The van der Waals surface area contributed by atoms with Crippen molar-refractivity contribution < 1.29 is 19.5 Å². The van der Waals surface area contributed by atoms with E-state index in [1.807, 2.05) is 19.1 Å². The molecule has 0 saturated heterocycles. The van der Waals surface area contributed by atoms with E-state index in [1.165, 1.54) is 0 Å². The normalized spacial score (nSPS) is 10.2. The molecule has 0 aromatic heterocycles. The number of benzene rings is 1. The Morgan fingerprint density at radius 2 is 1.86 bits per heavy atom. The van der Waals surface area contributed by atoms with Crippen molar-refractivity contribution in [3.8, 4) is 0 Å². The van der Waals surface area contributed by atoms with Gasteiger partial charge in [-0.2, -0.15) is 0 Å². The molecule has 0 atom stereocenters. The summed E-state index contributed by atoms with van der Waals surface area (Å²) in [6.07, 6.45) is 0.351. The standard InChI is InChI=1S/C15H18BrNO4/c1-3-13(18)17(14(19)5-4-6-15(20)21)12-8-7-10(2)9-11(12)16/h7-9H,3-6H2,1-2H3,(H,20,21). The molecule has 0 saturated carbocycles. The average Bonchev–Trinajstić information content (AvgIpc) is 2.40. The summed E-state index contributed by atoms with van der Waals surface area (Å²) in [5.41, 5.74) is 1.50. The average molecular weight is 356 g/mol. The van der Waals surface area contributed by atoms with Crippen LogP contribution < -0.4 is 4.90 Å². The van der Waals surface area contributed by atoms with Crippen LogP contribution in [0.2, 0.25) is 0 Å². The van der Waals surface area contributed by atoms with E-state index in [0.717, 1.165) is 10.5 Å². The fourth-order valence-electron chi connectivity index (χ4n) is 1.86. The van der Waals surface area contributed by atoms with Crippen LogP contribution in [-0.4, -0.2) is 22.9 Å². The summed E-state index contributed by atoms with van der Waals surface area (Å²) in [7, 11) is 0. The van der Waals surface area contributed by atoms with Crippen LogP contribution in [0.3, 0.4) is 0 Å². The molecule has 0 spiro atoms. The predicted octanol–water partition coefficient (Wildman–Crippen LogP) is 3.28. The van der Waals surface area contributed by atoms with Crippen molar-refractivity contribution in [2.45, 2.75) is 39.5 Å². The van der Waals surface area contributed by atoms with Gasteiger partial charge in [0.25, 0.3) is 0 Å². The van der Waals surface area contributed by atoms with Gasteiger partial charge in [-0.15, -0.1) is 0 Å². The molecule has 1 N–H and O–H groups in total. The van der Waals surface area contributed by atoms with Crippen LogP contribution in [0.25, 0.3) is 0 Å². The lowest BCUT2D eigenvalue weighted by molar-refractivity contribution is -0.137. The highest BCUT2D eigenvalue weighted by Crippen LogP contribution is 2.28. The van der Waals surface area contributed by atoms with Gasteiger partial charge in [-0.3, -0.25) is 14.4 Å². The molecule has 114 valence electrons. The van der Waals surface area contributed by atoms with Gasteiger partial charge in [-0.1, -0.05) is 13.0 Å². The number of anilines is 1. The highest BCUT2D eigenvalue weighted by Gasteiger charge is 2.23. The number of carbonyl (C=O) groups excluding carboxylic acids is 2. The quantitative estimate of drug-likeness (QED) is 0.849. The molecule has 6 heteroatoms. The fraction of sp³-hybridized carbons (Fsp3) is 0.400. The van der Waals surface area contributed by atoms with Gasteiger partial charge in [-0.05, 0) is 47.0 Å². The Kier molecular flexibility index (Phi) is 6.55. The number of halogens is 1. The third-order valence-electron chi connectivity index (χ3n) is 2.93. The number of carbonyl (C=O) groups is 3. The number of hydrogen-bond acceptors (Lipinski definition) is 3. The van der Waals surface area contributed by atoms with Crippen LogP contribution in [0.4, 0.5) is 5.69 Å². The Labute approximate surface area is 132 Å². The minimum atomic E-state index is -0.951. The van der Waals surface area contributed by atoms with Gasteiger partial charge >= 0.3 is 5.97 Å². The second-order valence-corrected chi connectivity index (χ2v) is 5.53. The van der Waals surface area contributed by atoms with Crippen LogP contribution in [0.1, 0.15) is 38.2 Å². The lowest BCUT2D eigenvalue weighted by Crippen LogP contribution is -2.36. The molecule has 0 aliphatic rings. The Balaban J connectivity index is 2.97. The van der Waals surface area contributed by atoms with Gasteiger partial charge in [0.2, 0.25) is 11.8 Å².